The van der Waals surface area contributed by atoms with Gasteiger partial charge in [-0.15, -0.1) is 11.3 Å². The van der Waals surface area contributed by atoms with Crippen LogP contribution in [0.4, 0.5) is 0 Å². The van der Waals surface area contributed by atoms with Gasteiger partial charge in [0.05, 0.1) is 4.88 Å². The van der Waals surface area contributed by atoms with Gasteiger partial charge in [-0.1, -0.05) is 25.1 Å². The van der Waals surface area contributed by atoms with E-state index in [1.165, 1.54) is 11.3 Å². The molecular formula is C12H19N3O2S. The van der Waals surface area contributed by atoms with Gasteiger partial charge in [0, 0.05) is 19.5 Å². The monoisotopic (exact) mass is 269 g/mol. The maximum Gasteiger partial charge on any atom is 0.263 e. The van der Waals surface area contributed by atoms with Crippen LogP contribution in [0.2, 0.25) is 0 Å². The number of nitrogens with two attached hydrogens (primary N) is 1. The molecule has 5 nitrogen and oxygen atoms in total. The third-order valence-electron chi connectivity index (χ3n) is 2.37. The number of amidine groups is 1. The number of hydrogen-bond donors (Lipinski definition) is 2. The van der Waals surface area contributed by atoms with Crippen LogP contribution < -0.4 is 5.73 Å². The lowest BCUT2D eigenvalue weighted by atomic mass is 10.2. The summed E-state index contributed by atoms with van der Waals surface area (Å²) < 4.78 is 0. The Morgan fingerprint density at radius 1 is 1.61 bits per heavy atom. The van der Waals surface area contributed by atoms with Gasteiger partial charge in [0.25, 0.3) is 5.91 Å². The van der Waals surface area contributed by atoms with E-state index in [-0.39, 0.29) is 11.7 Å². The molecule has 1 aromatic heterocycles. The molecule has 0 aliphatic rings. The standard InChI is InChI=1S/C12H19N3O2S/c1-9(2)8-15(6-5-11(13)14-17)12(16)10-4-3-7-18-10/h3-4,7,9,17H,5-6,8H2,1-2H3,(H2,13,14). The molecule has 100 valence electrons. The first-order valence-electron chi connectivity index (χ1n) is 5.83. The molecule has 0 spiro atoms. The summed E-state index contributed by atoms with van der Waals surface area (Å²) in [4.78, 5) is 14.7. The van der Waals surface area contributed by atoms with Gasteiger partial charge in [0.15, 0.2) is 0 Å². The first kappa shape index (κ1) is 14.5. The van der Waals surface area contributed by atoms with E-state index in [0.717, 1.165) is 4.88 Å². The van der Waals surface area contributed by atoms with E-state index in [1.54, 1.807) is 4.90 Å². The third kappa shape index (κ3) is 4.37. The summed E-state index contributed by atoms with van der Waals surface area (Å²) in [6.07, 6.45) is 0.375. The van der Waals surface area contributed by atoms with Gasteiger partial charge in [0.2, 0.25) is 0 Å². The summed E-state index contributed by atoms with van der Waals surface area (Å²) in [5.41, 5.74) is 5.44. The summed E-state index contributed by atoms with van der Waals surface area (Å²) in [6.45, 7) is 5.23. The van der Waals surface area contributed by atoms with E-state index in [0.29, 0.717) is 25.4 Å². The van der Waals surface area contributed by atoms with E-state index in [2.05, 4.69) is 19.0 Å². The lowest BCUT2D eigenvalue weighted by Crippen LogP contribution is -2.36. The molecule has 0 radical (unpaired) electrons. The normalized spacial score (nSPS) is 11.8. The molecule has 18 heavy (non-hydrogen) atoms. The molecule has 0 atom stereocenters. The molecule has 0 fully saturated rings. The predicted molar refractivity (Wildman–Crippen MR) is 73.1 cm³/mol. The number of hydrogen-bond acceptors (Lipinski definition) is 4. The Bertz CT molecular complexity index is 401. The molecule has 1 aromatic rings. The first-order chi connectivity index (χ1) is 8.54. The largest absolute Gasteiger partial charge is 0.409 e. The minimum absolute atomic E-state index is 0.00411. The van der Waals surface area contributed by atoms with Crippen molar-refractivity contribution in [1.82, 2.24) is 4.90 Å². The highest BCUT2D eigenvalue weighted by Crippen LogP contribution is 2.13. The van der Waals surface area contributed by atoms with Crippen LogP contribution >= 0.6 is 11.3 Å². The second-order valence-corrected chi connectivity index (χ2v) is 5.41. The van der Waals surface area contributed by atoms with Crippen molar-refractivity contribution >= 4 is 23.1 Å². The SMILES string of the molecule is CC(C)CN(CCC(N)=NO)C(=O)c1cccs1. The fourth-order valence-corrected chi connectivity index (χ4v) is 2.26. The van der Waals surface area contributed by atoms with Crippen molar-refractivity contribution in [1.29, 1.82) is 0 Å². The summed E-state index contributed by atoms with van der Waals surface area (Å²) >= 11 is 1.42. The average Bonchev–Trinajstić information content (AvgIpc) is 2.86. The lowest BCUT2D eigenvalue weighted by molar-refractivity contribution is 0.0745. The molecule has 0 saturated heterocycles. The molecule has 0 saturated carbocycles. The third-order valence-corrected chi connectivity index (χ3v) is 3.23. The van der Waals surface area contributed by atoms with Crippen molar-refractivity contribution in [3.05, 3.63) is 22.4 Å². The highest BCUT2D eigenvalue weighted by molar-refractivity contribution is 7.12. The van der Waals surface area contributed by atoms with Crippen LogP contribution in [0.15, 0.2) is 22.7 Å². The van der Waals surface area contributed by atoms with Crippen molar-refractivity contribution in [3.8, 4) is 0 Å². The van der Waals surface area contributed by atoms with Crippen LogP contribution in [0, 0.1) is 5.92 Å². The smallest absolute Gasteiger partial charge is 0.263 e. The zero-order valence-corrected chi connectivity index (χ0v) is 11.5. The van der Waals surface area contributed by atoms with Crippen LogP contribution in [-0.4, -0.2) is 34.9 Å². The molecule has 0 unspecified atom stereocenters. The number of nitrogens with zero attached hydrogens (tertiary/aromatic N) is 2. The van der Waals surface area contributed by atoms with Gasteiger partial charge in [-0.25, -0.2) is 0 Å². The minimum atomic E-state index is 0.00411. The predicted octanol–water partition coefficient (Wildman–Crippen LogP) is 1.98. The van der Waals surface area contributed by atoms with Crippen LogP contribution in [0.1, 0.15) is 29.9 Å². The number of thiophene rings is 1. The fraction of sp³-hybridized carbons (Fsp3) is 0.500. The average molecular weight is 269 g/mol. The van der Waals surface area contributed by atoms with Crippen molar-refractivity contribution in [2.75, 3.05) is 13.1 Å². The number of amides is 1. The Morgan fingerprint density at radius 2 is 2.33 bits per heavy atom. The van der Waals surface area contributed by atoms with Crippen molar-refractivity contribution in [2.24, 2.45) is 16.8 Å². The molecule has 6 heteroatoms. The summed E-state index contributed by atoms with van der Waals surface area (Å²) in [6, 6.07) is 3.67. The summed E-state index contributed by atoms with van der Waals surface area (Å²) in [5.74, 6) is 0.522. The second-order valence-electron chi connectivity index (χ2n) is 4.46. The molecule has 0 aliphatic heterocycles. The Balaban J connectivity index is 2.69. The Morgan fingerprint density at radius 3 is 2.83 bits per heavy atom. The number of oxime groups is 1. The molecular weight excluding hydrogens is 250 g/mol. The maximum atomic E-state index is 12.2. The van der Waals surface area contributed by atoms with E-state index >= 15 is 0 Å². The van der Waals surface area contributed by atoms with E-state index < -0.39 is 0 Å². The van der Waals surface area contributed by atoms with Crippen molar-refractivity contribution in [2.45, 2.75) is 20.3 Å². The summed E-state index contributed by atoms with van der Waals surface area (Å²) in [7, 11) is 0. The number of carbonyl (C=O) groups is 1. The number of carbonyl (C=O) groups excluding carboxylic acids is 1. The topological polar surface area (TPSA) is 78.9 Å². The lowest BCUT2D eigenvalue weighted by Gasteiger charge is -2.23. The van der Waals surface area contributed by atoms with Crippen molar-refractivity contribution in [3.63, 3.8) is 0 Å². The number of rotatable bonds is 6. The molecule has 1 rings (SSSR count). The van der Waals surface area contributed by atoms with Gasteiger partial charge >= 0.3 is 0 Å². The Kier molecular flexibility index (Phi) is 5.64. The zero-order chi connectivity index (χ0) is 13.5. The highest BCUT2D eigenvalue weighted by Gasteiger charge is 2.17. The van der Waals surface area contributed by atoms with Gasteiger partial charge in [-0.2, -0.15) is 0 Å². The van der Waals surface area contributed by atoms with Gasteiger partial charge in [-0.05, 0) is 17.4 Å². The highest BCUT2D eigenvalue weighted by atomic mass is 32.1. The minimum Gasteiger partial charge on any atom is -0.409 e. The van der Waals surface area contributed by atoms with Gasteiger partial charge in [0.1, 0.15) is 5.84 Å². The van der Waals surface area contributed by atoms with Crippen molar-refractivity contribution < 1.29 is 10.0 Å². The van der Waals surface area contributed by atoms with Crippen LogP contribution in [-0.2, 0) is 0 Å². The maximum absolute atomic E-state index is 12.2. The van der Waals surface area contributed by atoms with Crippen LogP contribution in [0.25, 0.3) is 0 Å². The molecule has 1 heterocycles. The Labute approximate surface area is 111 Å². The molecule has 0 aromatic carbocycles. The Hall–Kier alpha value is -1.56. The van der Waals surface area contributed by atoms with Crippen LogP contribution in [0.5, 0.6) is 0 Å². The van der Waals surface area contributed by atoms with E-state index in [1.807, 2.05) is 17.5 Å². The van der Waals surface area contributed by atoms with E-state index in [4.69, 9.17) is 10.9 Å². The van der Waals surface area contributed by atoms with Crippen LogP contribution in [0.3, 0.4) is 0 Å². The quantitative estimate of drug-likeness (QED) is 0.359. The molecule has 0 aliphatic carbocycles. The zero-order valence-electron chi connectivity index (χ0n) is 10.7. The second kappa shape index (κ2) is 7.00. The molecule has 0 bridgehead atoms. The van der Waals surface area contributed by atoms with Gasteiger partial charge < -0.3 is 15.8 Å². The molecule has 1 amide bonds. The fourth-order valence-electron chi connectivity index (χ4n) is 1.57. The first-order valence-corrected chi connectivity index (χ1v) is 6.71. The summed E-state index contributed by atoms with van der Waals surface area (Å²) in [5, 5.41) is 13.3. The van der Waals surface area contributed by atoms with Gasteiger partial charge in [-0.3, -0.25) is 4.79 Å². The molecule has 3 N–H and O–H groups in total. The van der Waals surface area contributed by atoms with E-state index in [9.17, 15) is 4.79 Å².